The normalized spacial score (nSPS) is 10.1. The van der Waals surface area contributed by atoms with Crippen LogP contribution in [-0.2, 0) is 6.42 Å². The fourth-order valence-electron chi connectivity index (χ4n) is 2.41. The van der Waals surface area contributed by atoms with Crippen LogP contribution in [0, 0.1) is 0 Å². The lowest BCUT2D eigenvalue weighted by molar-refractivity contribution is 0.262. The van der Waals surface area contributed by atoms with Crippen LogP contribution in [0.3, 0.4) is 0 Å². The second-order valence-electron chi connectivity index (χ2n) is 5.56. The van der Waals surface area contributed by atoms with Crippen molar-refractivity contribution in [2.75, 3.05) is 17.2 Å². The molecule has 0 radical (unpaired) electrons. The monoisotopic (exact) mass is 332 g/mol. The molecule has 4 nitrogen and oxygen atoms in total. The van der Waals surface area contributed by atoms with Gasteiger partial charge < -0.3 is 15.4 Å². The third-order valence-corrected chi connectivity index (χ3v) is 3.63. The number of ether oxygens (including phenoxy) is 1. The number of carbonyl (C=O) groups excluding carboxylic acids is 1. The minimum atomic E-state index is -0.285. The summed E-state index contributed by atoms with van der Waals surface area (Å²) in [4.78, 5) is 12.0. The van der Waals surface area contributed by atoms with Crippen LogP contribution in [0.25, 0.3) is 0 Å². The van der Waals surface area contributed by atoms with E-state index >= 15 is 0 Å². The first-order valence-corrected chi connectivity index (χ1v) is 8.19. The van der Waals surface area contributed by atoms with E-state index in [-0.39, 0.29) is 6.03 Å². The summed E-state index contributed by atoms with van der Waals surface area (Å²) in [5.74, 6) is 0.730. The molecular weight excluding hydrogens is 312 g/mol. The number of hydrogen-bond donors (Lipinski definition) is 2. The van der Waals surface area contributed by atoms with E-state index in [1.54, 1.807) is 0 Å². The summed E-state index contributed by atoms with van der Waals surface area (Å²) in [6.07, 6.45) is 0.840. The zero-order valence-electron chi connectivity index (χ0n) is 13.8. The second-order valence-corrected chi connectivity index (χ2v) is 5.56. The molecule has 4 heteroatoms. The lowest BCUT2D eigenvalue weighted by atomic mass is 10.2. The van der Waals surface area contributed by atoms with Gasteiger partial charge in [-0.25, -0.2) is 4.79 Å². The fraction of sp³-hybridized carbons (Fsp3) is 0.0952. The highest BCUT2D eigenvalue weighted by atomic mass is 16.5. The van der Waals surface area contributed by atoms with Crippen molar-refractivity contribution in [3.05, 3.63) is 90.5 Å². The van der Waals surface area contributed by atoms with E-state index in [4.69, 9.17) is 4.74 Å². The molecule has 0 fully saturated rings. The van der Waals surface area contributed by atoms with Gasteiger partial charge in [-0.05, 0) is 29.8 Å². The number of urea groups is 1. The fourth-order valence-corrected chi connectivity index (χ4v) is 2.41. The van der Waals surface area contributed by atoms with Crippen LogP contribution < -0.4 is 15.4 Å². The van der Waals surface area contributed by atoms with E-state index in [1.165, 1.54) is 5.56 Å². The first kappa shape index (κ1) is 16.6. The maximum atomic E-state index is 12.0. The molecule has 0 bridgehead atoms. The molecule has 0 aliphatic carbocycles. The van der Waals surface area contributed by atoms with Gasteiger partial charge >= 0.3 is 6.03 Å². The molecule has 0 heterocycles. The summed E-state index contributed by atoms with van der Waals surface area (Å²) in [7, 11) is 0. The average molecular weight is 332 g/mol. The second kappa shape index (κ2) is 8.55. The minimum absolute atomic E-state index is 0.285. The van der Waals surface area contributed by atoms with Gasteiger partial charge in [-0.2, -0.15) is 0 Å². The number of amides is 2. The van der Waals surface area contributed by atoms with Gasteiger partial charge in [0.1, 0.15) is 5.75 Å². The van der Waals surface area contributed by atoms with Crippen molar-refractivity contribution in [1.82, 2.24) is 0 Å². The van der Waals surface area contributed by atoms with E-state index in [2.05, 4.69) is 22.8 Å². The number of benzene rings is 3. The Morgan fingerprint density at radius 2 is 1.40 bits per heavy atom. The Morgan fingerprint density at radius 1 is 0.760 bits per heavy atom. The average Bonchev–Trinajstić information content (AvgIpc) is 2.64. The van der Waals surface area contributed by atoms with E-state index < -0.39 is 0 Å². The Hall–Kier alpha value is -3.27. The van der Waals surface area contributed by atoms with Crippen LogP contribution in [-0.4, -0.2) is 12.6 Å². The first-order chi connectivity index (χ1) is 12.3. The molecule has 0 aromatic heterocycles. The Labute approximate surface area is 147 Å². The van der Waals surface area contributed by atoms with Crippen molar-refractivity contribution < 1.29 is 9.53 Å². The van der Waals surface area contributed by atoms with Gasteiger partial charge in [-0.3, -0.25) is 0 Å². The summed E-state index contributed by atoms with van der Waals surface area (Å²) < 4.78 is 5.78. The Bertz CT molecular complexity index is 804. The molecule has 3 aromatic rings. The van der Waals surface area contributed by atoms with Crippen LogP contribution in [0.15, 0.2) is 84.9 Å². The van der Waals surface area contributed by atoms with Crippen LogP contribution in [0.5, 0.6) is 5.75 Å². The maximum absolute atomic E-state index is 12.0. The van der Waals surface area contributed by atoms with Crippen molar-refractivity contribution in [2.24, 2.45) is 0 Å². The molecule has 0 spiro atoms. The zero-order chi connectivity index (χ0) is 17.3. The summed E-state index contributed by atoms with van der Waals surface area (Å²) in [5, 5.41) is 5.59. The standard InChI is InChI=1S/C21H20N2O2/c24-21(22-18-10-5-2-6-11-18)23-19-12-7-13-20(16-19)25-15-14-17-8-3-1-4-9-17/h1-13,16H,14-15H2,(H2,22,23,24). The molecule has 0 saturated carbocycles. The van der Waals surface area contributed by atoms with Crippen LogP contribution in [0.1, 0.15) is 5.56 Å². The van der Waals surface area contributed by atoms with E-state index in [9.17, 15) is 4.79 Å². The van der Waals surface area contributed by atoms with Gasteiger partial charge in [0.15, 0.2) is 0 Å². The van der Waals surface area contributed by atoms with E-state index in [1.807, 2.05) is 72.8 Å². The molecule has 25 heavy (non-hydrogen) atoms. The molecule has 0 unspecified atom stereocenters. The van der Waals surface area contributed by atoms with Crippen LogP contribution in [0.2, 0.25) is 0 Å². The van der Waals surface area contributed by atoms with Crippen molar-refractivity contribution in [2.45, 2.75) is 6.42 Å². The summed E-state index contributed by atoms with van der Waals surface area (Å²) >= 11 is 0. The molecule has 0 atom stereocenters. The van der Waals surface area contributed by atoms with Gasteiger partial charge in [0.05, 0.1) is 6.61 Å². The molecule has 0 saturated heterocycles. The molecule has 0 aliphatic rings. The van der Waals surface area contributed by atoms with Crippen molar-refractivity contribution >= 4 is 17.4 Å². The number of carbonyl (C=O) groups is 1. The zero-order valence-corrected chi connectivity index (χ0v) is 13.8. The summed E-state index contributed by atoms with van der Waals surface area (Å²) in [6, 6.07) is 26.6. The van der Waals surface area contributed by atoms with E-state index in [0.29, 0.717) is 12.3 Å². The molecule has 3 rings (SSSR count). The van der Waals surface area contributed by atoms with Crippen molar-refractivity contribution in [1.29, 1.82) is 0 Å². The summed E-state index contributed by atoms with van der Waals surface area (Å²) in [5.41, 5.74) is 2.67. The molecular formula is C21H20N2O2. The van der Waals surface area contributed by atoms with Crippen LogP contribution >= 0.6 is 0 Å². The number of para-hydroxylation sites is 1. The minimum Gasteiger partial charge on any atom is -0.493 e. The van der Waals surface area contributed by atoms with Gasteiger partial charge in [0.2, 0.25) is 0 Å². The van der Waals surface area contributed by atoms with Gasteiger partial charge in [-0.1, -0.05) is 54.6 Å². The molecule has 3 aromatic carbocycles. The largest absolute Gasteiger partial charge is 0.493 e. The maximum Gasteiger partial charge on any atom is 0.323 e. The Balaban J connectivity index is 1.51. The summed E-state index contributed by atoms with van der Waals surface area (Å²) in [6.45, 7) is 0.587. The third-order valence-electron chi connectivity index (χ3n) is 3.63. The quantitative estimate of drug-likeness (QED) is 0.671. The van der Waals surface area contributed by atoms with Gasteiger partial charge in [0.25, 0.3) is 0 Å². The highest BCUT2D eigenvalue weighted by molar-refractivity contribution is 5.99. The number of hydrogen-bond acceptors (Lipinski definition) is 2. The third kappa shape index (κ3) is 5.39. The predicted octanol–water partition coefficient (Wildman–Crippen LogP) is 4.95. The molecule has 0 aliphatic heterocycles. The smallest absolute Gasteiger partial charge is 0.323 e. The number of anilines is 2. The lowest BCUT2D eigenvalue weighted by Gasteiger charge is -2.10. The van der Waals surface area contributed by atoms with Crippen molar-refractivity contribution in [3.8, 4) is 5.75 Å². The molecule has 2 N–H and O–H groups in total. The molecule has 126 valence electrons. The molecule has 2 amide bonds. The Morgan fingerprint density at radius 3 is 2.16 bits per heavy atom. The van der Waals surface area contributed by atoms with Crippen LogP contribution in [0.4, 0.5) is 16.2 Å². The SMILES string of the molecule is O=C(Nc1ccccc1)Nc1cccc(OCCc2ccccc2)c1. The number of rotatable bonds is 6. The lowest BCUT2D eigenvalue weighted by Crippen LogP contribution is -2.19. The predicted molar refractivity (Wildman–Crippen MR) is 101 cm³/mol. The van der Waals surface area contributed by atoms with Gasteiger partial charge in [-0.15, -0.1) is 0 Å². The topological polar surface area (TPSA) is 50.4 Å². The number of nitrogens with one attached hydrogen (secondary N) is 2. The first-order valence-electron chi connectivity index (χ1n) is 8.19. The highest BCUT2D eigenvalue weighted by Gasteiger charge is 2.03. The van der Waals surface area contributed by atoms with Crippen molar-refractivity contribution in [3.63, 3.8) is 0 Å². The Kier molecular flexibility index (Phi) is 5.67. The van der Waals surface area contributed by atoms with Gasteiger partial charge in [0, 0.05) is 23.9 Å². The van der Waals surface area contributed by atoms with E-state index in [0.717, 1.165) is 17.9 Å². The highest BCUT2D eigenvalue weighted by Crippen LogP contribution is 2.18.